The maximum absolute atomic E-state index is 10.3. The van der Waals surface area contributed by atoms with Crippen molar-refractivity contribution >= 4 is 0 Å². The van der Waals surface area contributed by atoms with Gasteiger partial charge in [-0.3, -0.25) is 0 Å². The fourth-order valence-electron chi connectivity index (χ4n) is 3.18. The van der Waals surface area contributed by atoms with Crippen LogP contribution in [0.5, 0.6) is 0 Å². The van der Waals surface area contributed by atoms with E-state index in [9.17, 15) is 5.11 Å². The average molecular weight is 206 g/mol. The van der Waals surface area contributed by atoms with Crippen LogP contribution in [0.25, 0.3) is 0 Å². The predicted octanol–water partition coefficient (Wildman–Crippen LogP) is 3.45. The second-order valence-corrected chi connectivity index (χ2v) is 5.79. The van der Waals surface area contributed by atoms with Gasteiger partial charge in [0.25, 0.3) is 0 Å². The summed E-state index contributed by atoms with van der Waals surface area (Å²) in [6.45, 7) is 6.73. The molecule has 0 aromatic heterocycles. The minimum atomic E-state index is -0.165. The van der Waals surface area contributed by atoms with Crippen molar-refractivity contribution in [2.75, 3.05) is 0 Å². The van der Waals surface area contributed by atoms with E-state index in [2.05, 4.69) is 39.0 Å². The first-order chi connectivity index (χ1) is 6.98. The molecule has 0 saturated carbocycles. The van der Waals surface area contributed by atoms with Crippen LogP contribution < -0.4 is 0 Å². The van der Waals surface area contributed by atoms with Crippen LogP contribution >= 0.6 is 0 Å². The van der Waals surface area contributed by atoms with Crippen LogP contribution in [0.1, 0.15) is 46.5 Å². The molecule has 0 radical (unpaired) electrons. The summed E-state index contributed by atoms with van der Waals surface area (Å²) >= 11 is 0. The lowest BCUT2D eigenvalue weighted by molar-refractivity contribution is -0.0554. The Morgan fingerprint density at radius 3 is 2.67 bits per heavy atom. The van der Waals surface area contributed by atoms with Gasteiger partial charge in [-0.05, 0) is 38.0 Å². The van der Waals surface area contributed by atoms with E-state index in [1.165, 1.54) is 5.57 Å². The van der Waals surface area contributed by atoms with Gasteiger partial charge in [0.2, 0.25) is 0 Å². The normalized spacial score (nSPS) is 39.2. The van der Waals surface area contributed by atoms with Crippen molar-refractivity contribution in [2.24, 2.45) is 10.8 Å². The monoisotopic (exact) mass is 206 g/mol. The van der Waals surface area contributed by atoms with Gasteiger partial charge in [0, 0.05) is 5.41 Å². The second kappa shape index (κ2) is 3.48. The standard InChI is InChI=1S/C14H22O/c1-11-6-9-14(10-7-11)12(15)5-4-8-13(14,2)3/h4,6,8,12,15H,5,7,9-10H2,1-3H3. The lowest BCUT2D eigenvalue weighted by atomic mass is 9.54. The van der Waals surface area contributed by atoms with Gasteiger partial charge in [-0.25, -0.2) is 0 Å². The van der Waals surface area contributed by atoms with E-state index < -0.39 is 0 Å². The van der Waals surface area contributed by atoms with Crippen molar-refractivity contribution in [1.29, 1.82) is 0 Å². The van der Waals surface area contributed by atoms with Crippen molar-refractivity contribution in [3.63, 3.8) is 0 Å². The van der Waals surface area contributed by atoms with Gasteiger partial charge < -0.3 is 5.11 Å². The Kier molecular flexibility index (Phi) is 2.54. The molecular weight excluding hydrogens is 184 g/mol. The Labute approximate surface area is 92.9 Å². The second-order valence-electron chi connectivity index (χ2n) is 5.79. The zero-order chi connectivity index (χ0) is 11.1. The molecular formula is C14H22O. The minimum Gasteiger partial charge on any atom is -0.392 e. The minimum absolute atomic E-state index is 0.0846. The molecule has 2 unspecified atom stereocenters. The Bertz CT molecular complexity index is 311. The average Bonchev–Trinajstić information content (AvgIpc) is 2.16. The van der Waals surface area contributed by atoms with Crippen LogP contribution in [0.2, 0.25) is 0 Å². The third-order valence-electron chi connectivity index (χ3n) is 4.60. The highest BCUT2D eigenvalue weighted by atomic mass is 16.3. The summed E-state index contributed by atoms with van der Waals surface area (Å²) in [4.78, 5) is 0. The van der Waals surface area contributed by atoms with Gasteiger partial charge in [0.1, 0.15) is 0 Å². The quantitative estimate of drug-likeness (QED) is 0.602. The molecule has 1 spiro atoms. The molecule has 1 nitrogen and oxygen atoms in total. The molecule has 0 aliphatic heterocycles. The van der Waals surface area contributed by atoms with Crippen LogP contribution in [0.15, 0.2) is 23.8 Å². The molecule has 1 heteroatoms. The van der Waals surface area contributed by atoms with Crippen LogP contribution in [-0.2, 0) is 0 Å². The van der Waals surface area contributed by atoms with Crippen LogP contribution in [0.4, 0.5) is 0 Å². The lowest BCUT2D eigenvalue weighted by Crippen LogP contribution is -2.48. The Morgan fingerprint density at radius 1 is 1.40 bits per heavy atom. The molecule has 0 amide bonds. The lowest BCUT2D eigenvalue weighted by Gasteiger charge is -2.52. The fourth-order valence-corrected chi connectivity index (χ4v) is 3.18. The van der Waals surface area contributed by atoms with Gasteiger partial charge in [-0.15, -0.1) is 0 Å². The molecule has 0 bridgehead atoms. The van der Waals surface area contributed by atoms with Crippen molar-refractivity contribution < 1.29 is 5.11 Å². The topological polar surface area (TPSA) is 20.2 Å². The first-order valence-corrected chi connectivity index (χ1v) is 5.99. The SMILES string of the molecule is CC1=CCC2(CC1)C(O)CC=CC2(C)C. The zero-order valence-electron chi connectivity index (χ0n) is 10.1. The molecule has 2 atom stereocenters. The number of hydrogen-bond acceptors (Lipinski definition) is 1. The molecule has 2 aliphatic carbocycles. The number of aliphatic hydroxyl groups is 1. The largest absolute Gasteiger partial charge is 0.392 e. The van der Waals surface area contributed by atoms with E-state index in [1.807, 2.05) is 0 Å². The first-order valence-electron chi connectivity index (χ1n) is 5.99. The van der Waals surface area contributed by atoms with Crippen molar-refractivity contribution in [1.82, 2.24) is 0 Å². The Morgan fingerprint density at radius 2 is 2.13 bits per heavy atom. The Hall–Kier alpha value is -0.560. The summed E-state index contributed by atoms with van der Waals surface area (Å²) in [7, 11) is 0. The van der Waals surface area contributed by atoms with Crippen molar-refractivity contribution in [3.05, 3.63) is 23.8 Å². The van der Waals surface area contributed by atoms with Gasteiger partial charge in [-0.2, -0.15) is 0 Å². The van der Waals surface area contributed by atoms with E-state index in [-0.39, 0.29) is 16.9 Å². The number of rotatable bonds is 0. The molecule has 0 aromatic rings. The fraction of sp³-hybridized carbons (Fsp3) is 0.714. The zero-order valence-corrected chi connectivity index (χ0v) is 10.1. The summed E-state index contributed by atoms with van der Waals surface area (Å²) in [5.41, 5.74) is 1.70. The van der Waals surface area contributed by atoms with Crippen molar-refractivity contribution in [2.45, 2.75) is 52.6 Å². The molecule has 0 saturated heterocycles. The maximum atomic E-state index is 10.3. The van der Waals surface area contributed by atoms with Gasteiger partial charge in [-0.1, -0.05) is 37.6 Å². The highest BCUT2D eigenvalue weighted by Crippen LogP contribution is 2.54. The summed E-state index contributed by atoms with van der Waals surface area (Å²) in [5.74, 6) is 0. The predicted molar refractivity (Wildman–Crippen MR) is 63.6 cm³/mol. The molecule has 15 heavy (non-hydrogen) atoms. The van der Waals surface area contributed by atoms with E-state index in [0.717, 1.165) is 25.7 Å². The third-order valence-corrected chi connectivity index (χ3v) is 4.60. The molecule has 0 heterocycles. The van der Waals surface area contributed by atoms with E-state index in [1.54, 1.807) is 0 Å². The first kappa shape index (κ1) is 10.9. The van der Waals surface area contributed by atoms with Gasteiger partial charge in [0.05, 0.1) is 6.10 Å². The van der Waals surface area contributed by atoms with Gasteiger partial charge in [0.15, 0.2) is 0 Å². The highest BCUT2D eigenvalue weighted by molar-refractivity contribution is 5.19. The highest BCUT2D eigenvalue weighted by Gasteiger charge is 2.49. The number of aliphatic hydroxyl groups excluding tert-OH is 1. The smallest absolute Gasteiger partial charge is 0.0642 e. The van der Waals surface area contributed by atoms with E-state index >= 15 is 0 Å². The number of hydrogen-bond donors (Lipinski definition) is 1. The van der Waals surface area contributed by atoms with Crippen LogP contribution in [0, 0.1) is 10.8 Å². The summed E-state index contributed by atoms with van der Waals surface area (Å²) in [6.07, 6.45) is 10.8. The van der Waals surface area contributed by atoms with Gasteiger partial charge >= 0.3 is 0 Å². The van der Waals surface area contributed by atoms with Crippen molar-refractivity contribution in [3.8, 4) is 0 Å². The number of allylic oxidation sites excluding steroid dienone is 3. The molecule has 1 N–H and O–H groups in total. The molecule has 0 fully saturated rings. The van der Waals surface area contributed by atoms with Crippen LogP contribution in [0.3, 0.4) is 0 Å². The molecule has 2 aliphatic rings. The van der Waals surface area contributed by atoms with E-state index in [4.69, 9.17) is 0 Å². The summed E-state index contributed by atoms with van der Waals surface area (Å²) < 4.78 is 0. The third kappa shape index (κ3) is 1.57. The molecule has 84 valence electrons. The molecule has 2 rings (SSSR count). The summed E-state index contributed by atoms with van der Waals surface area (Å²) in [5, 5.41) is 10.3. The maximum Gasteiger partial charge on any atom is 0.0642 e. The van der Waals surface area contributed by atoms with E-state index in [0.29, 0.717) is 0 Å². The molecule has 0 aromatic carbocycles. The Balaban J connectivity index is 2.36. The van der Waals surface area contributed by atoms with Crippen LogP contribution in [-0.4, -0.2) is 11.2 Å². The summed E-state index contributed by atoms with van der Waals surface area (Å²) in [6, 6.07) is 0.